The van der Waals surface area contributed by atoms with E-state index in [-0.39, 0.29) is 11.6 Å². The molecule has 0 unspecified atom stereocenters. The van der Waals surface area contributed by atoms with E-state index < -0.39 is 28.6 Å². The molecule has 0 aliphatic rings. The van der Waals surface area contributed by atoms with Crippen molar-refractivity contribution in [3.63, 3.8) is 0 Å². The van der Waals surface area contributed by atoms with Gasteiger partial charge in [-0.05, 0) is 112 Å². The number of hydrogen-bond donors (Lipinski definition) is 0. The Balaban J connectivity index is 1.02. The number of ether oxygens (including phenoxy) is 4. The summed E-state index contributed by atoms with van der Waals surface area (Å²) >= 11 is 0. The fourth-order valence-corrected chi connectivity index (χ4v) is 6.04. The standard InChI is InChI=1S/C49H44O8/c1-47(2,37-21-29-40(30-22-37)55-46(53)48(3,4)56-41-27-19-36(20-28-41)44(51)34-15-11-8-12-16-34)38-23-31-42(32-24-38)57-49(5,6)45(52)54-39-25-17-35(18-26-39)43(50)33-13-9-7-10-14-33/h7-32H,1-6H3. The van der Waals surface area contributed by atoms with Crippen LogP contribution in [0.15, 0.2) is 158 Å². The van der Waals surface area contributed by atoms with Crippen LogP contribution < -0.4 is 18.9 Å². The molecule has 0 fully saturated rings. The van der Waals surface area contributed by atoms with Crippen LogP contribution in [0.3, 0.4) is 0 Å². The number of carbonyl (C=O) groups is 4. The molecule has 0 spiro atoms. The number of esters is 2. The van der Waals surface area contributed by atoms with Gasteiger partial charge in [-0.2, -0.15) is 0 Å². The van der Waals surface area contributed by atoms with Gasteiger partial charge in [-0.3, -0.25) is 9.59 Å². The van der Waals surface area contributed by atoms with Crippen LogP contribution in [0.1, 0.15) is 84.5 Å². The zero-order valence-electron chi connectivity index (χ0n) is 32.8. The van der Waals surface area contributed by atoms with E-state index in [0.717, 1.165) is 11.1 Å². The minimum atomic E-state index is -1.31. The Kier molecular flexibility index (Phi) is 11.6. The van der Waals surface area contributed by atoms with Crippen LogP contribution in [0, 0.1) is 0 Å². The van der Waals surface area contributed by atoms with Gasteiger partial charge in [-0.15, -0.1) is 0 Å². The molecule has 0 aliphatic heterocycles. The summed E-state index contributed by atoms with van der Waals surface area (Å²) in [5.41, 5.74) is 1.10. The third kappa shape index (κ3) is 9.54. The van der Waals surface area contributed by atoms with Crippen LogP contribution >= 0.6 is 0 Å². The fraction of sp³-hybridized carbons (Fsp3) is 0.184. The molecule has 0 heterocycles. The smallest absolute Gasteiger partial charge is 0.355 e. The van der Waals surface area contributed by atoms with E-state index in [1.807, 2.05) is 72.8 Å². The predicted molar refractivity (Wildman–Crippen MR) is 218 cm³/mol. The van der Waals surface area contributed by atoms with Gasteiger partial charge >= 0.3 is 11.9 Å². The van der Waals surface area contributed by atoms with Gasteiger partial charge in [-0.1, -0.05) is 98.8 Å². The maximum absolute atomic E-state index is 13.2. The summed E-state index contributed by atoms with van der Waals surface area (Å²) < 4.78 is 23.4. The number of rotatable bonds is 14. The normalized spacial score (nSPS) is 11.6. The zero-order valence-corrected chi connectivity index (χ0v) is 32.8. The maximum Gasteiger partial charge on any atom is 0.355 e. The van der Waals surface area contributed by atoms with Crippen molar-refractivity contribution in [3.05, 3.63) is 191 Å². The highest BCUT2D eigenvalue weighted by molar-refractivity contribution is 6.09. The van der Waals surface area contributed by atoms with Crippen molar-refractivity contribution >= 4 is 23.5 Å². The number of carbonyl (C=O) groups excluding carboxylic acids is 4. The van der Waals surface area contributed by atoms with Gasteiger partial charge in [0.25, 0.3) is 0 Å². The summed E-state index contributed by atoms with van der Waals surface area (Å²) in [5, 5.41) is 0. The van der Waals surface area contributed by atoms with Gasteiger partial charge in [-0.25, -0.2) is 9.59 Å². The molecule has 57 heavy (non-hydrogen) atoms. The summed E-state index contributed by atoms with van der Waals surface area (Å²) in [6.45, 7) is 10.7. The Bertz CT molecular complexity index is 2340. The van der Waals surface area contributed by atoms with Gasteiger partial charge < -0.3 is 18.9 Å². The highest BCUT2D eigenvalue weighted by Gasteiger charge is 2.34. The lowest BCUT2D eigenvalue weighted by molar-refractivity contribution is -0.149. The molecule has 6 rings (SSSR count). The van der Waals surface area contributed by atoms with Gasteiger partial charge in [0, 0.05) is 27.7 Å². The number of benzene rings is 6. The van der Waals surface area contributed by atoms with E-state index in [2.05, 4.69) is 13.8 Å². The Labute approximate surface area is 333 Å². The minimum Gasteiger partial charge on any atom is -0.476 e. The molecule has 0 amide bonds. The van der Waals surface area contributed by atoms with E-state index in [0.29, 0.717) is 45.3 Å². The first-order valence-corrected chi connectivity index (χ1v) is 18.6. The average molecular weight is 761 g/mol. The van der Waals surface area contributed by atoms with Gasteiger partial charge in [0.15, 0.2) is 11.6 Å². The van der Waals surface area contributed by atoms with Crippen molar-refractivity contribution in [3.8, 4) is 23.0 Å². The second-order valence-electron chi connectivity index (χ2n) is 15.1. The average Bonchev–Trinajstić information content (AvgIpc) is 3.21. The lowest BCUT2D eigenvalue weighted by Crippen LogP contribution is -2.41. The molecule has 8 heteroatoms. The third-order valence-electron chi connectivity index (χ3n) is 9.61. The number of hydrogen-bond acceptors (Lipinski definition) is 8. The monoisotopic (exact) mass is 760 g/mol. The maximum atomic E-state index is 13.2. The molecule has 288 valence electrons. The second kappa shape index (κ2) is 16.5. The molecule has 0 saturated carbocycles. The first-order chi connectivity index (χ1) is 27.1. The molecular weight excluding hydrogens is 717 g/mol. The van der Waals surface area contributed by atoms with E-state index in [9.17, 15) is 19.2 Å². The Morgan fingerprint density at radius 2 is 0.632 bits per heavy atom. The number of ketones is 2. The van der Waals surface area contributed by atoms with Gasteiger partial charge in [0.2, 0.25) is 11.2 Å². The van der Waals surface area contributed by atoms with Crippen LogP contribution in [0.25, 0.3) is 0 Å². The van der Waals surface area contributed by atoms with Gasteiger partial charge in [0.1, 0.15) is 23.0 Å². The topological polar surface area (TPSA) is 105 Å². The zero-order chi connectivity index (χ0) is 40.8. The van der Waals surface area contributed by atoms with Crippen LogP contribution in [0.2, 0.25) is 0 Å². The van der Waals surface area contributed by atoms with E-state index in [4.69, 9.17) is 18.9 Å². The molecule has 0 N–H and O–H groups in total. The lowest BCUT2D eigenvalue weighted by atomic mass is 9.78. The quantitative estimate of drug-likeness (QED) is 0.0614. The Hall–Kier alpha value is -6.80. The molecule has 0 bridgehead atoms. The molecule has 8 nitrogen and oxygen atoms in total. The van der Waals surface area contributed by atoms with Crippen LogP contribution in [0.5, 0.6) is 23.0 Å². The summed E-state index contributed by atoms with van der Waals surface area (Å²) in [6.07, 6.45) is 0. The highest BCUT2D eigenvalue weighted by atomic mass is 16.6. The van der Waals surface area contributed by atoms with Crippen molar-refractivity contribution in [1.82, 2.24) is 0 Å². The molecule has 6 aromatic rings. The summed E-state index contributed by atoms with van der Waals surface area (Å²) in [7, 11) is 0. The minimum absolute atomic E-state index is 0.0999. The first kappa shape index (κ1) is 39.9. The highest BCUT2D eigenvalue weighted by Crippen LogP contribution is 2.34. The Morgan fingerprint density at radius 1 is 0.351 bits per heavy atom. The van der Waals surface area contributed by atoms with Crippen molar-refractivity contribution in [2.45, 2.75) is 58.2 Å². The van der Waals surface area contributed by atoms with Crippen molar-refractivity contribution in [2.75, 3.05) is 0 Å². The first-order valence-electron chi connectivity index (χ1n) is 18.6. The Morgan fingerprint density at radius 3 is 0.982 bits per heavy atom. The van der Waals surface area contributed by atoms with Crippen LogP contribution in [-0.2, 0) is 15.0 Å². The van der Waals surface area contributed by atoms with Crippen LogP contribution in [0.4, 0.5) is 0 Å². The molecular formula is C49H44O8. The molecule has 0 aromatic heterocycles. The molecule has 0 atom stereocenters. The van der Waals surface area contributed by atoms with E-state index in [1.54, 1.807) is 113 Å². The molecule has 0 aliphatic carbocycles. The van der Waals surface area contributed by atoms with E-state index >= 15 is 0 Å². The lowest BCUT2D eigenvalue weighted by Gasteiger charge is -2.28. The van der Waals surface area contributed by atoms with Crippen LogP contribution in [-0.4, -0.2) is 34.7 Å². The molecule has 6 aromatic carbocycles. The molecule has 0 radical (unpaired) electrons. The third-order valence-corrected chi connectivity index (χ3v) is 9.61. The second-order valence-corrected chi connectivity index (χ2v) is 15.1. The van der Waals surface area contributed by atoms with Crippen molar-refractivity contribution in [1.29, 1.82) is 0 Å². The van der Waals surface area contributed by atoms with Crippen molar-refractivity contribution in [2.24, 2.45) is 0 Å². The summed E-state index contributed by atoms with van der Waals surface area (Å²) in [5.74, 6) is 0.211. The largest absolute Gasteiger partial charge is 0.476 e. The SMILES string of the molecule is CC(C)(Oc1ccc(C(=O)c2ccccc2)cc1)C(=O)Oc1ccc(C(C)(C)c2ccc(OC(C)(C)C(=O)Oc3ccc(C(=O)c4ccccc4)cc3)cc2)cc1. The van der Waals surface area contributed by atoms with Gasteiger partial charge in [0.05, 0.1) is 0 Å². The predicted octanol–water partition coefficient (Wildman–Crippen LogP) is 10.0. The van der Waals surface area contributed by atoms with Crippen molar-refractivity contribution < 1.29 is 38.1 Å². The molecule has 0 saturated heterocycles. The summed E-state index contributed by atoms with van der Waals surface area (Å²) in [6, 6.07) is 45.9. The fourth-order valence-electron chi connectivity index (χ4n) is 6.04. The van der Waals surface area contributed by atoms with E-state index in [1.165, 1.54) is 0 Å². The summed E-state index contributed by atoms with van der Waals surface area (Å²) in [4.78, 5) is 51.8.